The van der Waals surface area contributed by atoms with E-state index in [2.05, 4.69) is 10.7 Å². The summed E-state index contributed by atoms with van der Waals surface area (Å²) in [6, 6.07) is 4.63. The van der Waals surface area contributed by atoms with Gasteiger partial charge in [-0.15, -0.1) is 0 Å². The number of nitrogens with one attached hydrogen (secondary N) is 2. The molecule has 1 aliphatic rings. The van der Waals surface area contributed by atoms with Crippen LogP contribution in [0, 0.1) is 16.0 Å². The molecule has 0 spiro atoms. The predicted octanol–water partition coefficient (Wildman–Crippen LogP) is 1.33. The van der Waals surface area contributed by atoms with E-state index in [9.17, 15) is 10.1 Å². The van der Waals surface area contributed by atoms with Gasteiger partial charge in [-0.3, -0.25) is 16.0 Å². The van der Waals surface area contributed by atoms with Crippen molar-refractivity contribution >= 4 is 17.1 Å². The van der Waals surface area contributed by atoms with Gasteiger partial charge in [-0.2, -0.15) is 0 Å². The molecule has 1 saturated heterocycles. The van der Waals surface area contributed by atoms with Crippen molar-refractivity contribution in [2.45, 2.75) is 6.42 Å². The van der Waals surface area contributed by atoms with Crippen LogP contribution in [0.2, 0.25) is 0 Å². The first-order valence-electron chi connectivity index (χ1n) is 5.77. The van der Waals surface area contributed by atoms with Crippen molar-refractivity contribution in [1.82, 2.24) is 0 Å². The summed E-state index contributed by atoms with van der Waals surface area (Å²) in [6.45, 7) is 2.27. The van der Waals surface area contributed by atoms with Gasteiger partial charge in [-0.25, -0.2) is 0 Å². The summed E-state index contributed by atoms with van der Waals surface area (Å²) in [4.78, 5) is 10.3. The number of nitro benzene ring substituents is 1. The molecule has 0 aromatic heterocycles. The molecule has 1 atom stereocenters. The highest BCUT2D eigenvalue weighted by molar-refractivity contribution is 5.63. The van der Waals surface area contributed by atoms with Gasteiger partial charge in [0.05, 0.1) is 17.2 Å². The number of rotatable bonds is 5. The fraction of sp³-hybridized carbons (Fsp3) is 0.455. The summed E-state index contributed by atoms with van der Waals surface area (Å²) in [5, 5.41) is 13.9. The molecule has 7 heteroatoms. The van der Waals surface area contributed by atoms with E-state index in [4.69, 9.17) is 10.6 Å². The van der Waals surface area contributed by atoms with Crippen molar-refractivity contribution in [1.29, 1.82) is 0 Å². The van der Waals surface area contributed by atoms with E-state index in [-0.39, 0.29) is 5.69 Å². The lowest BCUT2D eigenvalue weighted by Crippen LogP contribution is -2.14. The van der Waals surface area contributed by atoms with Crippen LogP contribution in [0.5, 0.6) is 0 Å². The van der Waals surface area contributed by atoms with Crippen LogP contribution in [0.15, 0.2) is 18.2 Å². The van der Waals surface area contributed by atoms with E-state index >= 15 is 0 Å². The van der Waals surface area contributed by atoms with E-state index in [0.29, 0.717) is 17.3 Å². The van der Waals surface area contributed by atoms with Crippen molar-refractivity contribution in [3.05, 3.63) is 28.3 Å². The summed E-state index contributed by atoms with van der Waals surface area (Å²) in [5.41, 5.74) is 3.62. The van der Waals surface area contributed by atoms with Gasteiger partial charge in [0.15, 0.2) is 0 Å². The summed E-state index contributed by atoms with van der Waals surface area (Å²) in [6.07, 6.45) is 1.02. The van der Waals surface area contributed by atoms with Gasteiger partial charge in [0.2, 0.25) is 0 Å². The third kappa shape index (κ3) is 3.08. The zero-order valence-electron chi connectivity index (χ0n) is 9.89. The van der Waals surface area contributed by atoms with E-state index < -0.39 is 4.92 Å². The quantitative estimate of drug-likeness (QED) is 0.415. The number of hydrogen-bond acceptors (Lipinski definition) is 6. The van der Waals surface area contributed by atoms with Crippen molar-refractivity contribution < 1.29 is 9.66 Å². The minimum absolute atomic E-state index is 0.00984. The summed E-state index contributed by atoms with van der Waals surface area (Å²) in [5.74, 6) is 5.74. The standard InChI is InChI=1S/C11H16N4O3/c12-14-10-3-9(4-11(5-10)15(16)17)13-6-8-1-2-18-7-8/h3-5,8,13-14H,1-2,6-7,12H2. The van der Waals surface area contributed by atoms with Crippen LogP contribution in [0.4, 0.5) is 17.1 Å². The molecule has 0 aliphatic carbocycles. The fourth-order valence-electron chi connectivity index (χ4n) is 1.91. The first-order chi connectivity index (χ1) is 8.69. The maximum atomic E-state index is 10.8. The molecule has 4 N–H and O–H groups in total. The Morgan fingerprint density at radius 2 is 2.22 bits per heavy atom. The zero-order chi connectivity index (χ0) is 13.0. The summed E-state index contributed by atoms with van der Waals surface area (Å²) >= 11 is 0. The lowest BCUT2D eigenvalue weighted by molar-refractivity contribution is -0.384. The van der Waals surface area contributed by atoms with Gasteiger partial charge in [0, 0.05) is 36.9 Å². The van der Waals surface area contributed by atoms with Crippen LogP contribution in [-0.2, 0) is 4.74 Å². The molecule has 18 heavy (non-hydrogen) atoms. The van der Waals surface area contributed by atoms with E-state index in [1.807, 2.05) is 0 Å². The largest absolute Gasteiger partial charge is 0.384 e. The van der Waals surface area contributed by atoms with Crippen molar-refractivity contribution in [2.24, 2.45) is 11.8 Å². The Bertz CT molecular complexity index is 432. The SMILES string of the molecule is NNc1cc(NCC2CCOC2)cc([N+](=O)[O-])c1. The number of nitrogens with zero attached hydrogens (tertiary/aromatic N) is 1. The molecule has 0 saturated carbocycles. The van der Waals surface area contributed by atoms with Gasteiger partial charge < -0.3 is 15.5 Å². The van der Waals surface area contributed by atoms with Gasteiger partial charge in [-0.05, 0) is 12.5 Å². The van der Waals surface area contributed by atoms with E-state index in [1.54, 1.807) is 6.07 Å². The Kier molecular flexibility index (Phi) is 3.96. The molecule has 98 valence electrons. The van der Waals surface area contributed by atoms with Crippen LogP contribution < -0.4 is 16.6 Å². The van der Waals surface area contributed by atoms with Crippen LogP contribution >= 0.6 is 0 Å². The topological polar surface area (TPSA) is 102 Å². The fourth-order valence-corrected chi connectivity index (χ4v) is 1.91. The molecule has 1 heterocycles. The molecular formula is C11H16N4O3. The van der Waals surface area contributed by atoms with Crippen LogP contribution in [-0.4, -0.2) is 24.7 Å². The highest BCUT2D eigenvalue weighted by Crippen LogP contribution is 2.24. The minimum Gasteiger partial charge on any atom is -0.384 e. The second-order valence-corrected chi connectivity index (χ2v) is 4.28. The van der Waals surface area contributed by atoms with Crippen LogP contribution in [0.3, 0.4) is 0 Å². The molecule has 7 nitrogen and oxygen atoms in total. The zero-order valence-corrected chi connectivity index (χ0v) is 9.89. The van der Waals surface area contributed by atoms with E-state index in [1.165, 1.54) is 12.1 Å². The Morgan fingerprint density at radius 3 is 2.83 bits per heavy atom. The average Bonchev–Trinajstić information content (AvgIpc) is 2.89. The summed E-state index contributed by atoms with van der Waals surface area (Å²) < 4.78 is 5.27. The monoisotopic (exact) mass is 252 g/mol. The number of ether oxygens (including phenoxy) is 1. The van der Waals surface area contributed by atoms with Crippen molar-refractivity contribution in [3.8, 4) is 0 Å². The highest BCUT2D eigenvalue weighted by atomic mass is 16.6. The molecular weight excluding hydrogens is 236 g/mol. The Labute approximate surface area is 104 Å². The van der Waals surface area contributed by atoms with Gasteiger partial charge >= 0.3 is 0 Å². The molecule has 0 amide bonds. The third-order valence-corrected chi connectivity index (χ3v) is 2.91. The molecule has 2 rings (SSSR count). The van der Waals surface area contributed by atoms with Crippen molar-refractivity contribution in [2.75, 3.05) is 30.5 Å². The molecule has 1 fully saturated rings. The number of hydrazine groups is 1. The van der Waals surface area contributed by atoms with E-state index in [0.717, 1.165) is 26.2 Å². The second kappa shape index (κ2) is 5.65. The maximum Gasteiger partial charge on any atom is 0.273 e. The molecule has 0 bridgehead atoms. The van der Waals surface area contributed by atoms with Crippen LogP contribution in [0.25, 0.3) is 0 Å². The number of nitrogen functional groups attached to an aromatic ring is 1. The number of benzene rings is 1. The van der Waals surface area contributed by atoms with Crippen molar-refractivity contribution in [3.63, 3.8) is 0 Å². The average molecular weight is 252 g/mol. The predicted molar refractivity (Wildman–Crippen MR) is 68.3 cm³/mol. The molecule has 1 aromatic rings. The normalized spacial score (nSPS) is 18.6. The lowest BCUT2D eigenvalue weighted by Gasteiger charge is -2.11. The molecule has 0 radical (unpaired) electrons. The number of nitro groups is 1. The highest BCUT2D eigenvalue weighted by Gasteiger charge is 2.16. The summed E-state index contributed by atoms with van der Waals surface area (Å²) in [7, 11) is 0. The molecule has 1 aliphatic heterocycles. The lowest BCUT2D eigenvalue weighted by atomic mass is 10.1. The maximum absolute atomic E-state index is 10.8. The Hall–Kier alpha value is -1.86. The number of non-ortho nitro benzene ring substituents is 1. The van der Waals surface area contributed by atoms with Gasteiger partial charge in [-0.1, -0.05) is 0 Å². The number of anilines is 2. The minimum atomic E-state index is -0.440. The van der Waals surface area contributed by atoms with Gasteiger partial charge in [0.1, 0.15) is 0 Å². The van der Waals surface area contributed by atoms with Crippen LogP contribution in [0.1, 0.15) is 6.42 Å². The third-order valence-electron chi connectivity index (χ3n) is 2.91. The second-order valence-electron chi connectivity index (χ2n) is 4.28. The smallest absolute Gasteiger partial charge is 0.273 e. The number of nitrogens with two attached hydrogens (primary N) is 1. The first-order valence-corrected chi connectivity index (χ1v) is 5.77. The first kappa shape index (κ1) is 12.6. The molecule has 1 aromatic carbocycles. The Balaban J connectivity index is 2.05. The number of hydrogen-bond donors (Lipinski definition) is 3. The molecule has 1 unspecified atom stereocenters. The van der Waals surface area contributed by atoms with Gasteiger partial charge in [0.25, 0.3) is 5.69 Å². The Morgan fingerprint density at radius 1 is 1.44 bits per heavy atom.